The number of hydrogen-bond donors (Lipinski definition) is 2. The molecule has 0 unspecified atom stereocenters. The van der Waals surface area contributed by atoms with Crippen LogP contribution < -0.4 is 9.47 Å². The van der Waals surface area contributed by atoms with Crippen LogP contribution in [0.4, 0.5) is 0 Å². The van der Waals surface area contributed by atoms with Crippen LogP contribution in [0.1, 0.15) is 81.0 Å². The highest BCUT2D eigenvalue weighted by Gasteiger charge is 2.48. The van der Waals surface area contributed by atoms with Crippen LogP contribution in [0.3, 0.4) is 0 Å². The van der Waals surface area contributed by atoms with Gasteiger partial charge in [-0.15, -0.1) is 0 Å². The van der Waals surface area contributed by atoms with Crippen molar-refractivity contribution in [3.63, 3.8) is 0 Å². The first kappa shape index (κ1) is 38.4. The topological polar surface area (TPSA) is 68.2 Å². The number of benzene rings is 4. The van der Waals surface area contributed by atoms with Gasteiger partial charge in [0.1, 0.15) is 11.5 Å². The summed E-state index contributed by atoms with van der Waals surface area (Å²) in [5.74, 6) is 1.02. The fourth-order valence-electron chi connectivity index (χ4n) is 7.95. The van der Waals surface area contributed by atoms with Gasteiger partial charge in [0, 0.05) is 32.0 Å². The Morgan fingerprint density at radius 2 is 1.06 bits per heavy atom. The molecule has 6 heteroatoms. The van der Waals surface area contributed by atoms with Crippen LogP contribution >= 0.6 is 0 Å². The maximum Gasteiger partial charge on any atom is 0.201 e. The summed E-state index contributed by atoms with van der Waals surface area (Å²) in [6.07, 6.45) is 1.67. The predicted octanol–water partition coefficient (Wildman–Crippen LogP) is 9.58. The molecular formula is C43H58O5Si. The Kier molecular flexibility index (Phi) is 14.1. The smallest absolute Gasteiger partial charge is 0.201 e. The maximum atomic E-state index is 11.2. The fraction of sp³-hybridized carbons (Fsp3) is 0.442. The fourth-order valence-corrected chi connectivity index (χ4v) is 13.5. The van der Waals surface area contributed by atoms with Crippen LogP contribution in [0.5, 0.6) is 11.5 Å². The second-order valence-electron chi connectivity index (χ2n) is 14.4. The third kappa shape index (κ3) is 9.23. The van der Waals surface area contributed by atoms with Crippen molar-refractivity contribution in [1.29, 1.82) is 0 Å². The molecule has 0 aliphatic heterocycles. The first-order chi connectivity index (χ1) is 23.6. The van der Waals surface area contributed by atoms with Crippen LogP contribution in [0, 0.1) is 11.8 Å². The molecule has 0 aromatic heterocycles. The molecule has 0 aliphatic carbocycles. The van der Waals surface area contributed by atoms with E-state index in [0.717, 1.165) is 46.6 Å². The molecule has 0 bridgehead atoms. The Hall–Kier alpha value is -3.42. The molecule has 0 radical (unpaired) electrons. The average molecular weight is 683 g/mol. The summed E-state index contributed by atoms with van der Waals surface area (Å²) in [6, 6.07) is 33.5. The number of hydrogen-bond acceptors (Lipinski definition) is 5. The standard InChI is InChI=1S/C43H58O5Si/c1-30(2)49(31(3)4,32(5)6)48-43(38-22-21-37(42(27-38)47-8)24-34-17-13-10-14-18-34)40(29-45)39(28-44)25-35-19-20-36(41(26-35)46-7)23-33-15-11-9-12-16-33/h9-22,26-27,30-32,39-40,43-45H,23-25,28-29H2,1-8H3/t39-,40-,43-/m0/s1. The Bertz CT molecular complexity index is 1550. The lowest BCUT2D eigenvalue weighted by molar-refractivity contribution is 0.0171. The lowest BCUT2D eigenvalue weighted by Crippen LogP contribution is -2.50. The molecule has 0 aliphatic rings. The second-order valence-corrected chi connectivity index (χ2v) is 19.8. The van der Waals surface area contributed by atoms with Gasteiger partial charge in [-0.25, -0.2) is 0 Å². The van der Waals surface area contributed by atoms with Crippen molar-refractivity contribution in [1.82, 2.24) is 0 Å². The van der Waals surface area contributed by atoms with E-state index in [-0.39, 0.29) is 25.0 Å². The van der Waals surface area contributed by atoms with E-state index in [2.05, 4.69) is 126 Å². The van der Waals surface area contributed by atoms with Crippen molar-refractivity contribution < 1.29 is 24.1 Å². The van der Waals surface area contributed by atoms with E-state index in [1.54, 1.807) is 14.2 Å². The Labute approximate surface area is 296 Å². The normalized spacial score (nSPS) is 13.9. The molecule has 0 saturated carbocycles. The van der Waals surface area contributed by atoms with Crippen LogP contribution in [-0.4, -0.2) is 46.0 Å². The predicted molar refractivity (Wildman–Crippen MR) is 204 cm³/mol. The van der Waals surface area contributed by atoms with Gasteiger partial charge in [-0.3, -0.25) is 0 Å². The van der Waals surface area contributed by atoms with Gasteiger partial charge in [0.25, 0.3) is 0 Å². The highest BCUT2D eigenvalue weighted by atomic mass is 28.4. The molecule has 2 N–H and O–H groups in total. The number of aliphatic hydroxyl groups is 2. The number of rotatable bonds is 18. The summed E-state index contributed by atoms with van der Waals surface area (Å²) in [4.78, 5) is 0. The highest BCUT2D eigenvalue weighted by molar-refractivity contribution is 6.77. The molecule has 3 atom stereocenters. The second kappa shape index (κ2) is 18.0. The summed E-state index contributed by atoms with van der Waals surface area (Å²) in [5, 5.41) is 22.2. The molecule has 0 fully saturated rings. The van der Waals surface area contributed by atoms with Gasteiger partial charge < -0.3 is 24.1 Å². The van der Waals surface area contributed by atoms with E-state index in [4.69, 9.17) is 13.9 Å². The van der Waals surface area contributed by atoms with Crippen molar-refractivity contribution in [2.24, 2.45) is 11.8 Å². The number of aliphatic hydroxyl groups excluding tert-OH is 2. The molecular weight excluding hydrogens is 625 g/mol. The lowest BCUT2D eigenvalue weighted by atomic mass is 9.81. The zero-order valence-corrected chi connectivity index (χ0v) is 31.9. The average Bonchev–Trinajstić information content (AvgIpc) is 3.10. The Morgan fingerprint density at radius 1 is 0.571 bits per heavy atom. The number of methoxy groups -OCH3 is 2. The third-order valence-electron chi connectivity index (χ3n) is 10.4. The van der Waals surface area contributed by atoms with Crippen molar-refractivity contribution >= 4 is 8.32 Å². The zero-order valence-electron chi connectivity index (χ0n) is 30.9. The highest BCUT2D eigenvalue weighted by Crippen LogP contribution is 2.48. The molecule has 4 rings (SSSR count). The van der Waals surface area contributed by atoms with Gasteiger partial charge in [0.15, 0.2) is 0 Å². The van der Waals surface area contributed by atoms with Crippen LogP contribution in [0.25, 0.3) is 0 Å². The van der Waals surface area contributed by atoms with Crippen LogP contribution in [0.15, 0.2) is 97.1 Å². The molecule has 0 amide bonds. The molecule has 5 nitrogen and oxygen atoms in total. The van der Waals surface area contributed by atoms with Crippen LogP contribution in [0.2, 0.25) is 16.6 Å². The van der Waals surface area contributed by atoms with Crippen molar-refractivity contribution in [2.45, 2.75) is 83.5 Å². The van der Waals surface area contributed by atoms with Gasteiger partial charge >= 0.3 is 0 Å². The van der Waals surface area contributed by atoms with Gasteiger partial charge in [-0.1, -0.05) is 126 Å². The molecule has 264 valence electrons. The largest absolute Gasteiger partial charge is 0.496 e. The summed E-state index contributed by atoms with van der Waals surface area (Å²) in [6.45, 7) is 13.5. The van der Waals surface area contributed by atoms with Gasteiger partial charge in [0.2, 0.25) is 8.32 Å². The minimum atomic E-state index is -2.42. The van der Waals surface area contributed by atoms with E-state index in [1.165, 1.54) is 11.1 Å². The van der Waals surface area contributed by atoms with E-state index >= 15 is 0 Å². The van der Waals surface area contributed by atoms with E-state index in [1.807, 2.05) is 12.1 Å². The van der Waals surface area contributed by atoms with Crippen LogP contribution in [-0.2, 0) is 23.7 Å². The van der Waals surface area contributed by atoms with Crippen molar-refractivity contribution in [3.8, 4) is 11.5 Å². The monoisotopic (exact) mass is 682 g/mol. The minimum absolute atomic E-state index is 0.0814. The van der Waals surface area contributed by atoms with E-state index in [0.29, 0.717) is 23.0 Å². The Balaban J connectivity index is 1.74. The summed E-state index contributed by atoms with van der Waals surface area (Å²) in [7, 11) is 1.01. The van der Waals surface area contributed by atoms with Gasteiger partial charge in [0.05, 0.1) is 20.3 Å². The van der Waals surface area contributed by atoms with Gasteiger partial charge in [-0.05, 0) is 74.5 Å². The minimum Gasteiger partial charge on any atom is -0.496 e. The first-order valence-corrected chi connectivity index (χ1v) is 20.0. The SMILES string of the molecule is COc1cc(C[C@@H](CO)[C@H](CO)[C@@H](O[Si](C(C)C)(C(C)C)C(C)C)c2ccc(Cc3ccccc3)c(OC)c2)ccc1Cc1ccccc1. The molecule has 4 aromatic rings. The molecule has 0 heterocycles. The quantitative estimate of drug-likeness (QED) is 0.102. The molecule has 0 spiro atoms. The molecule has 4 aromatic carbocycles. The first-order valence-electron chi connectivity index (χ1n) is 17.9. The van der Waals surface area contributed by atoms with E-state index in [9.17, 15) is 10.2 Å². The van der Waals surface area contributed by atoms with Crippen molar-refractivity contribution in [2.75, 3.05) is 27.4 Å². The zero-order chi connectivity index (χ0) is 35.6. The van der Waals surface area contributed by atoms with E-state index < -0.39 is 14.4 Å². The summed E-state index contributed by atoms with van der Waals surface area (Å²) < 4.78 is 19.4. The third-order valence-corrected chi connectivity index (χ3v) is 16.5. The summed E-state index contributed by atoms with van der Waals surface area (Å²) in [5.41, 5.74) is 7.72. The van der Waals surface area contributed by atoms with Gasteiger partial charge in [-0.2, -0.15) is 0 Å². The maximum absolute atomic E-state index is 11.2. The lowest BCUT2D eigenvalue weighted by Gasteiger charge is -2.47. The summed E-state index contributed by atoms with van der Waals surface area (Å²) >= 11 is 0. The number of ether oxygens (including phenoxy) is 2. The van der Waals surface area contributed by atoms with Crippen molar-refractivity contribution in [3.05, 3.63) is 130 Å². The molecule has 0 saturated heterocycles. The Morgan fingerprint density at radius 3 is 1.51 bits per heavy atom. The molecule has 49 heavy (non-hydrogen) atoms.